The lowest BCUT2D eigenvalue weighted by Crippen LogP contribution is -2.50. The van der Waals surface area contributed by atoms with Crippen LogP contribution >= 0.6 is 0 Å². The van der Waals surface area contributed by atoms with Crippen LogP contribution in [0.5, 0.6) is 0 Å². The Morgan fingerprint density at radius 1 is 1.06 bits per heavy atom. The van der Waals surface area contributed by atoms with Crippen LogP contribution in [-0.4, -0.2) is 24.5 Å². The number of carbonyl (C=O) groups is 1. The van der Waals surface area contributed by atoms with Gasteiger partial charge in [0.1, 0.15) is 0 Å². The summed E-state index contributed by atoms with van der Waals surface area (Å²) in [5, 5.41) is 6.57. The summed E-state index contributed by atoms with van der Waals surface area (Å²) in [5.41, 5.74) is 0. The number of hydrogen-bond acceptors (Lipinski definition) is 2. The van der Waals surface area contributed by atoms with E-state index in [1.807, 2.05) is 0 Å². The molecule has 3 heteroatoms. The van der Waals surface area contributed by atoms with E-state index in [9.17, 15) is 4.79 Å². The molecule has 1 aliphatic carbocycles. The van der Waals surface area contributed by atoms with Crippen LogP contribution in [0.2, 0.25) is 0 Å². The molecule has 104 valence electrons. The lowest BCUT2D eigenvalue weighted by molar-refractivity contribution is -0.124. The van der Waals surface area contributed by atoms with Gasteiger partial charge in [0.25, 0.3) is 0 Å². The maximum atomic E-state index is 12.2. The average molecular weight is 252 g/mol. The minimum absolute atomic E-state index is 0.0620. The summed E-state index contributed by atoms with van der Waals surface area (Å²) in [6, 6.07) is 0.409. The SMILES string of the molecule is C[C@@H](NC(=O)[C@H]1CCCCN1)C1CCCCCC1. The average Bonchev–Trinajstić information content (AvgIpc) is 2.68. The van der Waals surface area contributed by atoms with Gasteiger partial charge in [0.2, 0.25) is 5.91 Å². The first kappa shape index (κ1) is 13.9. The van der Waals surface area contributed by atoms with Crippen molar-refractivity contribution in [3.8, 4) is 0 Å². The van der Waals surface area contributed by atoms with Crippen molar-refractivity contribution >= 4 is 5.91 Å². The van der Waals surface area contributed by atoms with Crippen LogP contribution in [0.4, 0.5) is 0 Å². The number of carbonyl (C=O) groups excluding carboxylic acids is 1. The molecular formula is C15H28N2O. The third-order valence-corrected chi connectivity index (χ3v) is 4.60. The maximum absolute atomic E-state index is 12.2. The van der Waals surface area contributed by atoms with Gasteiger partial charge in [0.05, 0.1) is 6.04 Å². The zero-order valence-electron chi connectivity index (χ0n) is 11.7. The second kappa shape index (κ2) is 7.13. The van der Waals surface area contributed by atoms with E-state index in [0.717, 1.165) is 13.0 Å². The van der Waals surface area contributed by atoms with Crippen molar-refractivity contribution in [2.24, 2.45) is 5.92 Å². The van der Waals surface area contributed by atoms with E-state index >= 15 is 0 Å². The van der Waals surface area contributed by atoms with Crippen molar-refractivity contribution in [2.45, 2.75) is 76.8 Å². The summed E-state index contributed by atoms with van der Waals surface area (Å²) in [6.07, 6.45) is 11.4. The molecule has 0 unspecified atom stereocenters. The first-order chi connectivity index (χ1) is 8.77. The second-order valence-electron chi connectivity index (χ2n) is 6.05. The summed E-state index contributed by atoms with van der Waals surface area (Å²) in [5.74, 6) is 0.923. The second-order valence-corrected chi connectivity index (χ2v) is 6.05. The molecule has 1 saturated carbocycles. The fraction of sp³-hybridized carbons (Fsp3) is 0.933. The Kier molecular flexibility index (Phi) is 5.48. The summed E-state index contributed by atoms with van der Waals surface area (Å²) < 4.78 is 0. The molecule has 2 N–H and O–H groups in total. The van der Waals surface area contributed by atoms with E-state index in [-0.39, 0.29) is 11.9 Å². The van der Waals surface area contributed by atoms with Crippen LogP contribution in [-0.2, 0) is 4.79 Å². The van der Waals surface area contributed by atoms with Gasteiger partial charge in [0.15, 0.2) is 0 Å². The van der Waals surface area contributed by atoms with Gasteiger partial charge in [-0.3, -0.25) is 4.79 Å². The Bertz CT molecular complexity index is 253. The number of amides is 1. The lowest BCUT2D eigenvalue weighted by atomic mass is 9.92. The van der Waals surface area contributed by atoms with E-state index in [1.54, 1.807) is 0 Å². The van der Waals surface area contributed by atoms with Gasteiger partial charge in [-0.05, 0) is 45.1 Å². The molecule has 2 aliphatic rings. The summed E-state index contributed by atoms with van der Waals surface area (Å²) in [6.45, 7) is 3.19. The number of nitrogens with one attached hydrogen (secondary N) is 2. The van der Waals surface area contributed by atoms with E-state index in [4.69, 9.17) is 0 Å². The predicted molar refractivity (Wildman–Crippen MR) is 74.4 cm³/mol. The molecule has 0 bridgehead atoms. The maximum Gasteiger partial charge on any atom is 0.237 e. The lowest BCUT2D eigenvalue weighted by Gasteiger charge is -2.28. The zero-order chi connectivity index (χ0) is 12.8. The summed E-state index contributed by atoms with van der Waals surface area (Å²) >= 11 is 0. The molecule has 18 heavy (non-hydrogen) atoms. The van der Waals surface area contributed by atoms with Gasteiger partial charge >= 0.3 is 0 Å². The molecule has 2 rings (SSSR count). The van der Waals surface area contributed by atoms with Crippen molar-refractivity contribution in [3.63, 3.8) is 0 Å². The highest BCUT2D eigenvalue weighted by Crippen LogP contribution is 2.25. The molecule has 0 aromatic heterocycles. The molecule has 0 spiro atoms. The molecule has 0 aromatic carbocycles. The minimum atomic E-state index is 0.0620. The van der Waals surface area contributed by atoms with Gasteiger partial charge in [-0.15, -0.1) is 0 Å². The van der Waals surface area contributed by atoms with E-state index in [2.05, 4.69) is 17.6 Å². The molecule has 1 saturated heterocycles. The van der Waals surface area contributed by atoms with Crippen LogP contribution in [0.1, 0.15) is 64.7 Å². The van der Waals surface area contributed by atoms with Gasteiger partial charge in [0, 0.05) is 6.04 Å². The Morgan fingerprint density at radius 3 is 2.33 bits per heavy atom. The molecule has 0 aromatic rings. The van der Waals surface area contributed by atoms with Crippen LogP contribution in [0.25, 0.3) is 0 Å². The van der Waals surface area contributed by atoms with E-state index < -0.39 is 0 Å². The van der Waals surface area contributed by atoms with Crippen molar-refractivity contribution < 1.29 is 4.79 Å². The minimum Gasteiger partial charge on any atom is -0.352 e. The first-order valence-corrected chi connectivity index (χ1v) is 7.81. The molecule has 2 fully saturated rings. The molecule has 2 atom stereocenters. The summed E-state index contributed by atoms with van der Waals surface area (Å²) in [4.78, 5) is 12.2. The van der Waals surface area contributed by atoms with Crippen molar-refractivity contribution in [2.75, 3.05) is 6.54 Å². The van der Waals surface area contributed by atoms with Crippen LogP contribution in [0, 0.1) is 5.92 Å². The van der Waals surface area contributed by atoms with Crippen LogP contribution < -0.4 is 10.6 Å². The Balaban J connectivity index is 1.77. The van der Waals surface area contributed by atoms with Crippen molar-refractivity contribution in [1.82, 2.24) is 10.6 Å². The Morgan fingerprint density at radius 2 is 1.72 bits per heavy atom. The normalized spacial score (nSPS) is 28.4. The van der Waals surface area contributed by atoms with Crippen molar-refractivity contribution in [3.05, 3.63) is 0 Å². The molecule has 1 heterocycles. The third-order valence-electron chi connectivity index (χ3n) is 4.60. The highest BCUT2D eigenvalue weighted by atomic mass is 16.2. The molecule has 1 amide bonds. The van der Waals surface area contributed by atoms with Crippen LogP contribution in [0.15, 0.2) is 0 Å². The zero-order valence-corrected chi connectivity index (χ0v) is 11.7. The third kappa shape index (κ3) is 3.98. The van der Waals surface area contributed by atoms with Gasteiger partial charge in [-0.1, -0.05) is 32.1 Å². The van der Waals surface area contributed by atoms with Gasteiger partial charge in [-0.2, -0.15) is 0 Å². The fourth-order valence-corrected chi connectivity index (χ4v) is 3.33. The van der Waals surface area contributed by atoms with Gasteiger partial charge < -0.3 is 10.6 Å². The standard InChI is InChI=1S/C15H28N2O/c1-12(13-8-4-2-3-5-9-13)17-15(18)14-10-6-7-11-16-14/h12-14,16H,2-11H2,1H3,(H,17,18)/t12-,14-/m1/s1. The summed E-state index contributed by atoms with van der Waals surface area (Å²) in [7, 11) is 0. The van der Waals surface area contributed by atoms with E-state index in [1.165, 1.54) is 51.4 Å². The number of rotatable bonds is 3. The number of piperidine rings is 1. The highest BCUT2D eigenvalue weighted by molar-refractivity contribution is 5.82. The molecule has 3 nitrogen and oxygen atoms in total. The molecular weight excluding hydrogens is 224 g/mol. The monoisotopic (exact) mass is 252 g/mol. The Hall–Kier alpha value is -0.570. The largest absolute Gasteiger partial charge is 0.352 e. The highest BCUT2D eigenvalue weighted by Gasteiger charge is 2.25. The smallest absolute Gasteiger partial charge is 0.237 e. The quantitative estimate of drug-likeness (QED) is 0.758. The van der Waals surface area contributed by atoms with Crippen LogP contribution in [0.3, 0.4) is 0 Å². The van der Waals surface area contributed by atoms with E-state index in [0.29, 0.717) is 12.0 Å². The number of hydrogen-bond donors (Lipinski definition) is 2. The first-order valence-electron chi connectivity index (χ1n) is 7.81. The molecule has 0 radical (unpaired) electrons. The molecule has 1 aliphatic heterocycles. The fourth-order valence-electron chi connectivity index (χ4n) is 3.33. The van der Waals surface area contributed by atoms with Gasteiger partial charge in [-0.25, -0.2) is 0 Å². The topological polar surface area (TPSA) is 41.1 Å². The Labute approximate surface area is 111 Å². The predicted octanol–water partition coefficient (Wildman–Crippen LogP) is 2.60. The van der Waals surface area contributed by atoms with Crippen molar-refractivity contribution in [1.29, 1.82) is 0 Å².